The number of sulfonamides is 1. The Morgan fingerprint density at radius 3 is 2.52 bits per heavy atom. The number of para-hydroxylation sites is 2. The highest BCUT2D eigenvalue weighted by atomic mass is 35.5. The number of hydrogen-bond donors (Lipinski definition) is 1. The van der Waals surface area contributed by atoms with Gasteiger partial charge in [-0.15, -0.1) is 18.3 Å². The molecule has 0 spiro atoms. The summed E-state index contributed by atoms with van der Waals surface area (Å²) in [6, 6.07) is 20.0. The third-order valence-corrected chi connectivity index (χ3v) is 7.35. The van der Waals surface area contributed by atoms with Crippen molar-refractivity contribution in [3.05, 3.63) is 96.0 Å². The zero-order valence-electron chi connectivity index (χ0n) is 16.8. The van der Waals surface area contributed by atoms with Crippen molar-refractivity contribution >= 4 is 50.7 Å². The number of benzene rings is 3. The molecule has 0 bridgehead atoms. The zero-order valence-corrected chi connectivity index (χ0v) is 19.2. The summed E-state index contributed by atoms with van der Waals surface area (Å²) in [6.45, 7) is 3.69. The fourth-order valence-electron chi connectivity index (χ4n) is 2.96. The molecular formula is C23H21ClN2O3S2. The number of amides is 1. The zero-order chi connectivity index (χ0) is 22.4. The number of carbonyl (C=O) groups is 1. The average Bonchev–Trinajstić information content (AvgIpc) is 2.78. The van der Waals surface area contributed by atoms with Gasteiger partial charge in [0.05, 0.1) is 27.8 Å². The standard InChI is InChI=1S/C23H21ClN2O3S2/c1-3-15-26(21-13-6-4-11-19(21)24)31(28,29)18-10-8-9-17(16-18)23(27)25-20-12-5-7-14-22(20)30-2/h3-14,16H,1,15H2,2H3,(H,25,27). The SMILES string of the molecule is C=CCN(c1ccccc1Cl)S(=O)(=O)c1cccc(C(=O)Nc2ccccc2SC)c1. The molecule has 1 N–H and O–H groups in total. The van der Waals surface area contributed by atoms with Crippen molar-refractivity contribution in [3.8, 4) is 0 Å². The van der Waals surface area contributed by atoms with Crippen LogP contribution in [0.15, 0.2) is 95.2 Å². The number of nitrogens with one attached hydrogen (secondary N) is 1. The molecule has 31 heavy (non-hydrogen) atoms. The Bertz CT molecular complexity index is 1210. The van der Waals surface area contributed by atoms with Crippen LogP contribution >= 0.6 is 23.4 Å². The molecule has 160 valence electrons. The largest absolute Gasteiger partial charge is 0.321 e. The van der Waals surface area contributed by atoms with Crippen molar-refractivity contribution in [1.29, 1.82) is 0 Å². The summed E-state index contributed by atoms with van der Waals surface area (Å²) in [5, 5.41) is 3.15. The first kappa shape index (κ1) is 22.9. The summed E-state index contributed by atoms with van der Waals surface area (Å²) < 4.78 is 28.0. The Hall–Kier alpha value is -2.74. The number of hydrogen-bond acceptors (Lipinski definition) is 4. The molecule has 8 heteroatoms. The Labute approximate surface area is 191 Å². The summed E-state index contributed by atoms with van der Waals surface area (Å²) in [4.78, 5) is 13.7. The van der Waals surface area contributed by atoms with Crippen LogP contribution in [0.25, 0.3) is 0 Å². The summed E-state index contributed by atoms with van der Waals surface area (Å²) in [6.07, 6.45) is 3.40. The molecule has 0 atom stereocenters. The molecule has 5 nitrogen and oxygen atoms in total. The van der Waals surface area contributed by atoms with Gasteiger partial charge in [-0.1, -0.05) is 48.0 Å². The van der Waals surface area contributed by atoms with Crippen molar-refractivity contribution in [1.82, 2.24) is 0 Å². The van der Waals surface area contributed by atoms with Gasteiger partial charge in [0.1, 0.15) is 0 Å². The topological polar surface area (TPSA) is 66.5 Å². The molecule has 0 aliphatic heterocycles. The van der Waals surface area contributed by atoms with Crippen LogP contribution in [0, 0.1) is 0 Å². The minimum Gasteiger partial charge on any atom is -0.321 e. The summed E-state index contributed by atoms with van der Waals surface area (Å²) >= 11 is 7.75. The van der Waals surface area contributed by atoms with E-state index in [0.29, 0.717) is 16.4 Å². The summed E-state index contributed by atoms with van der Waals surface area (Å²) in [5.74, 6) is -0.397. The monoisotopic (exact) mass is 472 g/mol. The van der Waals surface area contributed by atoms with Crippen molar-refractivity contribution in [2.45, 2.75) is 9.79 Å². The lowest BCUT2D eigenvalue weighted by atomic mass is 10.2. The highest BCUT2D eigenvalue weighted by Gasteiger charge is 2.26. The van der Waals surface area contributed by atoms with Crippen molar-refractivity contribution in [2.24, 2.45) is 0 Å². The maximum Gasteiger partial charge on any atom is 0.264 e. The smallest absolute Gasteiger partial charge is 0.264 e. The van der Waals surface area contributed by atoms with Crippen molar-refractivity contribution < 1.29 is 13.2 Å². The first-order valence-electron chi connectivity index (χ1n) is 9.31. The van der Waals surface area contributed by atoms with Crippen molar-refractivity contribution in [2.75, 3.05) is 22.4 Å². The third-order valence-electron chi connectivity index (χ3n) is 4.46. The van der Waals surface area contributed by atoms with Crippen LogP contribution in [0.3, 0.4) is 0 Å². The molecule has 0 aliphatic carbocycles. The lowest BCUT2D eigenvalue weighted by Gasteiger charge is -2.24. The van der Waals surface area contributed by atoms with Crippen LogP contribution in [0.4, 0.5) is 11.4 Å². The van der Waals surface area contributed by atoms with E-state index in [4.69, 9.17) is 11.6 Å². The second-order valence-electron chi connectivity index (χ2n) is 6.46. The Kier molecular flexibility index (Phi) is 7.43. The molecular weight excluding hydrogens is 452 g/mol. The van der Waals surface area contributed by atoms with Crippen molar-refractivity contribution in [3.63, 3.8) is 0 Å². The van der Waals surface area contributed by atoms with E-state index in [0.717, 1.165) is 4.90 Å². The Morgan fingerprint density at radius 1 is 1.10 bits per heavy atom. The van der Waals surface area contributed by atoms with Crippen LogP contribution in [0.1, 0.15) is 10.4 Å². The van der Waals surface area contributed by atoms with E-state index in [-0.39, 0.29) is 17.0 Å². The van der Waals surface area contributed by atoms with Crippen LogP contribution in [0.5, 0.6) is 0 Å². The van der Waals surface area contributed by atoms with E-state index in [1.54, 1.807) is 42.5 Å². The number of anilines is 2. The predicted octanol–water partition coefficient (Wildman–Crippen LogP) is 5.70. The normalized spacial score (nSPS) is 11.0. The number of halogens is 1. The van der Waals surface area contributed by atoms with Gasteiger partial charge in [-0.3, -0.25) is 9.10 Å². The van der Waals surface area contributed by atoms with Crippen LogP contribution < -0.4 is 9.62 Å². The highest BCUT2D eigenvalue weighted by Crippen LogP contribution is 2.31. The summed E-state index contributed by atoms with van der Waals surface area (Å²) in [5.41, 5.74) is 1.24. The van der Waals surface area contributed by atoms with Crippen LogP contribution in [-0.2, 0) is 10.0 Å². The Morgan fingerprint density at radius 2 is 1.81 bits per heavy atom. The average molecular weight is 473 g/mol. The van der Waals surface area contributed by atoms with E-state index < -0.39 is 15.9 Å². The Balaban J connectivity index is 1.96. The fraction of sp³-hybridized carbons (Fsp3) is 0.0870. The second-order valence-corrected chi connectivity index (χ2v) is 9.58. The maximum absolute atomic E-state index is 13.4. The molecule has 0 heterocycles. The van der Waals surface area contributed by atoms with E-state index in [1.165, 1.54) is 34.3 Å². The minimum atomic E-state index is -3.99. The number of carbonyl (C=O) groups excluding carboxylic acids is 1. The third kappa shape index (κ3) is 5.12. The minimum absolute atomic E-state index is 0.0138. The number of thioether (sulfide) groups is 1. The molecule has 3 aromatic rings. The van der Waals surface area contributed by atoms with Gasteiger partial charge >= 0.3 is 0 Å². The van der Waals surface area contributed by atoms with Crippen LogP contribution in [0.2, 0.25) is 5.02 Å². The van der Waals surface area contributed by atoms with E-state index in [2.05, 4.69) is 11.9 Å². The van der Waals surface area contributed by atoms with Gasteiger partial charge in [-0.05, 0) is 48.7 Å². The molecule has 0 radical (unpaired) electrons. The molecule has 3 rings (SSSR count). The first-order chi connectivity index (χ1) is 14.9. The fourth-order valence-corrected chi connectivity index (χ4v) is 5.31. The molecule has 0 aromatic heterocycles. The van der Waals surface area contributed by atoms with Gasteiger partial charge in [0, 0.05) is 10.5 Å². The molecule has 3 aromatic carbocycles. The maximum atomic E-state index is 13.4. The second kappa shape index (κ2) is 10.0. The highest BCUT2D eigenvalue weighted by molar-refractivity contribution is 7.98. The van der Waals surface area contributed by atoms with Gasteiger partial charge in [0.25, 0.3) is 15.9 Å². The predicted molar refractivity (Wildman–Crippen MR) is 129 cm³/mol. The van der Waals surface area contributed by atoms with Gasteiger partial charge in [-0.25, -0.2) is 8.42 Å². The van der Waals surface area contributed by atoms with Gasteiger partial charge in [0.15, 0.2) is 0 Å². The summed E-state index contributed by atoms with van der Waals surface area (Å²) in [7, 11) is -3.99. The van der Waals surface area contributed by atoms with E-state index in [1.807, 2.05) is 24.5 Å². The first-order valence-corrected chi connectivity index (χ1v) is 12.4. The van der Waals surface area contributed by atoms with E-state index >= 15 is 0 Å². The molecule has 0 fully saturated rings. The van der Waals surface area contributed by atoms with Crippen LogP contribution in [-0.4, -0.2) is 27.1 Å². The van der Waals surface area contributed by atoms with Gasteiger partial charge in [-0.2, -0.15) is 0 Å². The lowest BCUT2D eigenvalue weighted by molar-refractivity contribution is 0.102. The van der Waals surface area contributed by atoms with Gasteiger partial charge < -0.3 is 5.32 Å². The number of nitrogens with zero attached hydrogens (tertiary/aromatic N) is 1. The molecule has 0 saturated carbocycles. The quantitative estimate of drug-likeness (QED) is 0.337. The molecule has 0 saturated heterocycles. The van der Waals surface area contributed by atoms with E-state index in [9.17, 15) is 13.2 Å². The van der Waals surface area contributed by atoms with Gasteiger partial charge in [0.2, 0.25) is 0 Å². The molecule has 1 amide bonds. The lowest BCUT2D eigenvalue weighted by Crippen LogP contribution is -2.31. The molecule has 0 aliphatic rings. The molecule has 0 unspecified atom stereocenters. The number of rotatable bonds is 8.